The summed E-state index contributed by atoms with van der Waals surface area (Å²) in [5.74, 6) is 1.38. The van der Waals surface area contributed by atoms with E-state index in [1.54, 1.807) is 6.20 Å². The molecule has 1 aliphatic heterocycles. The third kappa shape index (κ3) is 5.70. The highest BCUT2D eigenvalue weighted by molar-refractivity contribution is 5.64. The minimum atomic E-state index is 0.0932. The average molecular weight is 429 g/mol. The second kappa shape index (κ2) is 10.4. The zero-order valence-electron chi connectivity index (χ0n) is 18.6. The zero-order chi connectivity index (χ0) is 22.3. The summed E-state index contributed by atoms with van der Waals surface area (Å²) in [4.78, 5) is 11.4. The van der Waals surface area contributed by atoms with Gasteiger partial charge >= 0.3 is 0 Å². The van der Waals surface area contributed by atoms with Gasteiger partial charge in [-0.1, -0.05) is 24.3 Å². The van der Waals surface area contributed by atoms with Crippen LogP contribution < -0.4 is 4.74 Å². The molecule has 0 amide bonds. The molecule has 1 fully saturated rings. The molecule has 1 aromatic heterocycles. The molecule has 3 aromatic rings. The van der Waals surface area contributed by atoms with Crippen LogP contribution in [-0.2, 0) is 17.7 Å². The normalized spacial score (nSPS) is 14.3. The molecule has 6 heteroatoms. The van der Waals surface area contributed by atoms with Crippen molar-refractivity contribution in [2.45, 2.75) is 31.9 Å². The third-order valence-corrected chi connectivity index (χ3v) is 5.42. The van der Waals surface area contributed by atoms with E-state index in [0.29, 0.717) is 30.9 Å². The summed E-state index contributed by atoms with van der Waals surface area (Å²) in [6.45, 7) is 2.30. The van der Waals surface area contributed by atoms with Gasteiger partial charge in [0.2, 0.25) is 0 Å². The molecule has 0 atom stereocenters. The number of hydrogen-bond acceptors (Lipinski definition) is 6. The van der Waals surface area contributed by atoms with Crippen LogP contribution >= 0.6 is 0 Å². The van der Waals surface area contributed by atoms with Crippen molar-refractivity contribution in [3.8, 4) is 23.1 Å². The summed E-state index contributed by atoms with van der Waals surface area (Å²) in [5, 5.41) is 9.67. The van der Waals surface area contributed by atoms with Crippen molar-refractivity contribution in [2.75, 3.05) is 27.3 Å². The van der Waals surface area contributed by atoms with E-state index in [4.69, 9.17) is 14.5 Å². The predicted molar refractivity (Wildman–Crippen MR) is 123 cm³/mol. The Labute approximate surface area is 189 Å². The number of nitriles is 1. The molecule has 164 valence electrons. The van der Waals surface area contributed by atoms with Crippen LogP contribution in [0.4, 0.5) is 0 Å². The standard InChI is InChI=1S/C26H28N4O2/c1-30(2)18-20-5-3-4-19(14-20)15-26-28-11-8-24(29-26)21-6-7-25(22(16-21)17-27)32-23-9-12-31-13-10-23/h3-8,11,14,16,23H,9-10,12-13,15,18H2,1-2H3. The number of aromatic nitrogens is 2. The van der Waals surface area contributed by atoms with Crippen molar-refractivity contribution in [1.82, 2.24) is 14.9 Å². The highest BCUT2D eigenvalue weighted by atomic mass is 16.5. The largest absolute Gasteiger partial charge is 0.489 e. The number of hydrogen-bond donors (Lipinski definition) is 0. The quantitative estimate of drug-likeness (QED) is 0.561. The van der Waals surface area contributed by atoms with Crippen LogP contribution in [0.3, 0.4) is 0 Å². The van der Waals surface area contributed by atoms with E-state index in [9.17, 15) is 5.26 Å². The van der Waals surface area contributed by atoms with E-state index in [0.717, 1.165) is 36.5 Å². The van der Waals surface area contributed by atoms with E-state index >= 15 is 0 Å². The van der Waals surface area contributed by atoms with Crippen molar-refractivity contribution < 1.29 is 9.47 Å². The van der Waals surface area contributed by atoms with E-state index in [1.807, 2.05) is 24.3 Å². The molecule has 2 heterocycles. The van der Waals surface area contributed by atoms with Gasteiger partial charge < -0.3 is 14.4 Å². The fourth-order valence-corrected chi connectivity index (χ4v) is 3.88. The lowest BCUT2D eigenvalue weighted by atomic mass is 10.1. The highest BCUT2D eigenvalue weighted by Gasteiger charge is 2.17. The molecule has 2 aromatic carbocycles. The first kappa shape index (κ1) is 21.9. The zero-order valence-corrected chi connectivity index (χ0v) is 18.6. The van der Waals surface area contributed by atoms with Crippen LogP contribution in [0.2, 0.25) is 0 Å². The van der Waals surface area contributed by atoms with Gasteiger partial charge in [0.1, 0.15) is 23.7 Å². The van der Waals surface area contributed by atoms with Crippen molar-refractivity contribution in [3.63, 3.8) is 0 Å². The molecule has 1 aliphatic rings. The van der Waals surface area contributed by atoms with Gasteiger partial charge in [-0.15, -0.1) is 0 Å². The van der Waals surface area contributed by atoms with Gasteiger partial charge in [-0.3, -0.25) is 0 Å². The molecule has 0 saturated carbocycles. The molecule has 0 aliphatic carbocycles. The molecule has 0 bridgehead atoms. The van der Waals surface area contributed by atoms with Gasteiger partial charge in [0.25, 0.3) is 0 Å². The summed E-state index contributed by atoms with van der Waals surface area (Å²) in [6, 6.07) is 18.3. The van der Waals surface area contributed by atoms with E-state index < -0.39 is 0 Å². The molecule has 0 spiro atoms. The molecule has 6 nitrogen and oxygen atoms in total. The van der Waals surface area contributed by atoms with Crippen molar-refractivity contribution in [3.05, 3.63) is 77.2 Å². The Hall–Kier alpha value is -3.27. The second-order valence-electron chi connectivity index (χ2n) is 8.34. The first-order valence-corrected chi connectivity index (χ1v) is 10.9. The molecule has 1 saturated heterocycles. The molecule has 4 rings (SSSR count). The van der Waals surface area contributed by atoms with Crippen molar-refractivity contribution in [2.24, 2.45) is 0 Å². The lowest BCUT2D eigenvalue weighted by Crippen LogP contribution is -2.26. The van der Waals surface area contributed by atoms with Gasteiger partial charge in [-0.2, -0.15) is 5.26 Å². The predicted octanol–water partition coefficient (Wildman–Crippen LogP) is 4.23. The van der Waals surface area contributed by atoms with E-state index in [2.05, 4.69) is 54.3 Å². The summed E-state index contributed by atoms with van der Waals surface area (Å²) in [7, 11) is 4.13. The van der Waals surface area contributed by atoms with Gasteiger partial charge in [0.15, 0.2) is 0 Å². The van der Waals surface area contributed by atoms with Crippen molar-refractivity contribution >= 4 is 0 Å². The van der Waals surface area contributed by atoms with Crippen LogP contribution in [0.5, 0.6) is 5.75 Å². The van der Waals surface area contributed by atoms with Crippen molar-refractivity contribution in [1.29, 1.82) is 5.26 Å². The van der Waals surface area contributed by atoms with Crippen LogP contribution in [0, 0.1) is 11.3 Å². The Bertz CT molecular complexity index is 1100. The Kier molecular flexibility index (Phi) is 7.10. The van der Waals surface area contributed by atoms with E-state index in [1.165, 1.54) is 11.1 Å². The Morgan fingerprint density at radius 3 is 2.69 bits per heavy atom. The molecule has 0 radical (unpaired) electrons. The first-order valence-electron chi connectivity index (χ1n) is 10.9. The van der Waals surface area contributed by atoms with E-state index in [-0.39, 0.29) is 6.10 Å². The topological polar surface area (TPSA) is 71.3 Å². The second-order valence-corrected chi connectivity index (χ2v) is 8.34. The lowest BCUT2D eigenvalue weighted by molar-refractivity contribution is 0.0254. The number of rotatable bonds is 7. The minimum Gasteiger partial charge on any atom is -0.489 e. The van der Waals surface area contributed by atoms with Crippen LogP contribution in [-0.4, -0.2) is 48.3 Å². The number of nitrogens with zero attached hydrogens (tertiary/aromatic N) is 4. The maximum atomic E-state index is 9.67. The van der Waals surface area contributed by atoms with Gasteiger partial charge in [0, 0.05) is 37.6 Å². The monoisotopic (exact) mass is 428 g/mol. The molecule has 0 N–H and O–H groups in total. The van der Waals surface area contributed by atoms with Crippen LogP contribution in [0.1, 0.15) is 35.4 Å². The summed E-state index contributed by atoms with van der Waals surface area (Å²) in [5.41, 5.74) is 4.65. The summed E-state index contributed by atoms with van der Waals surface area (Å²) >= 11 is 0. The van der Waals surface area contributed by atoms with Gasteiger partial charge in [-0.25, -0.2) is 9.97 Å². The number of benzene rings is 2. The summed E-state index contributed by atoms with van der Waals surface area (Å²) < 4.78 is 11.5. The van der Waals surface area contributed by atoms with Crippen LogP contribution in [0.15, 0.2) is 54.7 Å². The molecular formula is C26H28N4O2. The minimum absolute atomic E-state index is 0.0932. The van der Waals surface area contributed by atoms with Gasteiger partial charge in [-0.05, 0) is 49.5 Å². The third-order valence-electron chi connectivity index (χ3n) is 5.42. The fourth-order valence-electron chi connectivity index (χ4n) is 3.88. The lowest BCUT2D eigenvalue weighted by Gasteiger charge is -2.23. The maximum absolute atomic E-state index is 9.67. The van der Waals surface area contributed by atoms with Crippen LogP contribution in [0.25, 0.3) is 11.3 Å². The SMILES string of the molecule is CN(C)Cc1cccc(Cc2nccc(-c3ccc(OC4CCOCC4)c(C#N)c3)n2)c1. The number of ether oxygens (including phenoxy) is 2. The highest BCUT2D eigenvalue weighted by Crippen LogP contribution is 2.27. The van der Waals surface area contributed by atoms with Gasteiger partial charge in [0.05, 0.1) is 24.5 Å². The molecule has 0 unspecified atom stereocenters. The summed E-state index contributed by atoms with van der Waals surface area (Å²) in [6.07, 6.45) is 4.22. The average Bonchev–Trinajstić information content (AvgIpc) is 2.80. The Morgan fingerprint density at radius 1 is 1.09 bits per heavy atom. The smallest absolute Gasteiger partial charge is 0.137 e. The first-order chi connectivity index (χ1) is 15.6. The molecule has 32 heavy (non-hydrogen) atoms. The molecular weight excluding hydrogens is 400 g/mol. The fraction of sp³-hybridized carbons (Fsp3) is 0.346. The maximum Gasteiger partial charge on any atom is 0.137 e. The Morgan fingerprint density at radius 2 is 1.91 bits per heavy atom. The Balaban J connectivity index is 1.52.